The molecular weight excluding hydrogens is 276 g/mol. The second kappa shape index (κ2) is 6.07. The van der Waals surface area contributed by atoms with Crippen LogP contribution in [0.25, 0.3) is 0 Å². The summed E-state index contributed by atoms with van der Waals surface area (Å²) in [6.45, 7) is 4.39. The van der Waals surface area contributed by atoms with Crippen molar-refractivity contribution in [1.82, 2.24) is 15.2 Å². The third kappa shape index (κ3) is 3.00. The Kier molecular flexibility index (Phi) is 4.42. The molecule has 20 heavy (non-hydrogen) atoms. The number of hydrogen-bond acceptors (Lipinski definition) is 3. The van der Waals surface area contributed by atoms with Crippen molar-refractivity contribution in [2.45, 2.75) is 26.3 Å². The summed E-state index contributed by atoms with van der Waals surface area (Å²) in [6, 6.07) is 7.81. The molecule has 0 spiro atoms. The molecule has 1 heterocycles. The Bertz CT molecular complexity index is 606. The molecule has 1 aromatic carbocycles. The summed E-state index contributed by atoms with van der Waals surface area (Å²) >= 11 is 5.97. The number of benzene rings is 1. The summed E-state index contributed by atoms with van der Waals surface area (Å²) < 4.78 is 1.84. The number of carbonyl (C=O) groups is 1. The van der Waals surface area contributed by atoms with Crippen LogP contribution in [0.1, 0.15) is 29.7 Å². The monoisotopic (exact) mass is 292 g/mol. The zero-order valence-corrected chi connectivity index (χ0v) is 12.2. The summed E-state index contributed by atoms with van der Waals surface area (Å²) in [5.74, 6) is 4.67. The lowest BCUT2D eigenvalue weighted by Crippen LogP contribution is -2.33. The van der Waals surface area contributed by atoms with Crippen LogP contribution in [0.3, 0.4) is 0 Å². The van der Waals surface area contributed by atoms with E-state index in [0.717, 1.165) is 16.8 Å². The van der Waals surface area contributed by atoms with Gasteiger partial charge in [0.15, 0.2) is 0 Å². The van der Waals surface area contributed by atoms with Crippen LogP contribution in [0.5, 0.6) is 0 Å². The minimum absolute atomic E-state index is 0.201. The standard InChI is InChI=1S/C14H17ClN4O/c1-9(14(20)18-16)12-5-3-11(4-6-12)8-19-10(2)13(15)7-17-19/h3-7,9H,8,16H2,1-2H3,(H,18,20). The lowest BCUT2D eigenvalue weighted by Gasteiger charge is -2.11. The van der Waals surface area contributed by atoms with E-state index in [1.807, 2.05) is 42.8 Å². The van der Waals surface area contributed by atoms with Crippen LogP contribution < -0.4 is 11.3 Å². The number of hydrazine groups is 1. The molecule has 5 nitrogen and oxygen atoms in total. The average molecular weight is 293 g/mol. The van der Waals surface area contributed by atoms with Gasteiger partial charge in [0.25, 0.3) is 0 Å². The maximum atomic E-state index is 11.5. The Balaban J connectivity index is 2.12. The van der Waals surface area contributed by atoms with Gasteiger partial charge in [0.05, 0.1) is 29.4 Å². The fourth-order valence-electron chi connectivity index (χ4n) is 1.94. The SMILES string of the molecule is Cc1c(Cl)cnn1Cc1ccc(C(C)C(=O)NN)cc1. The number of aromatic nitrogens is 2. The largest absolute Gasteiger partial charge is 0.294 e. The molecule has 2 rings (SSSR count). The third-order valence-corrected chi connectivity index (χ3v) is 3.76. The Morgan fingerprint density at radius 3 is 2.60 bits per heavy atom. The van der Waals surface area contributed by atoms with Crippen molar-refractivity contribution in [3.05, 3.63) is 52.3 Å². The first-order chi connectivity index (χ1) is 9.52. The molecule has 0 radical (unpaired) electrons. The van der Waals surface area contributed by atoms with E-state index in [2.05, 4.69) is 10.5 Å². The summed E-state index contributed by atoms with van der Waals surface area (Å²) in [4.78, 5) is 11.5. The van der Waals surface area contributed by atoms with Gasteiger partial charge in [-0.1, -0.05) is 35.9 Å². The molecule has 1 amide bonds. The van der Waals surface area contributed by atoms with E-state index in [4.69, 9.17) is 17.4 Å². The second-order valence-corrected chi connectivity index (χ2v) is 5.11. The summed E-state index contributed by atoms with van der Waals surface area (Å²) in [5.41, 5.74) is 5.11. The molecule has 2 aromatic rings. The molecule has 3 N–H and O–H groups in total. The molecule has 0 aliphatic heterocycles. The van der Waals surface area contributed by atoms with E-state index < -0.39 is 0 Å². The number of amides is 1. The van der Waals surface area contributed by atoms with E-state index in [0.29, 0.717) is 11.6 Å². The topological polar surface area (TPSA) is 72.9 Å². The van der Waals surface area contributed by atoms with Gasteiger partial charge in [-0.25, -0.2) is 5.84 Å². The highest BCUT2D eigenvalue weighted by Gasteiger charge is 2.13. The first-order valence-electron chi connectivity index (χ1n) is 6.30. The van der Waals surface area contributed by atoms with E-state index in [-0.39, 0.29) is 11.8 Å². The van der Waals surface area contributed by atoms with Crippen LogP contribution in [-0.4, -0.2) is 15.7 Å². The summed E-state index contributed by atoms with van der Waals surface area (Å²) in [5, 5.41) is 4.88. The molecule has 0 aliphatic carbocycles. The van der Waals surface area contributed by atoms with Crippen molar-refractivity contribution in [3.8, 4) is 0 Å². The molecule has 1 unspecified atom stereocenters. The van der Waals surface area contributed by atoms with Crippen LogP contribution in [-0.2, 0) is 11.3 Å². The Hall–Kier alpha value is -1.85. The number of nitrogens with one attached hydrogen (secondary N) is 1. The summed E-state index contributed by atoms with van der Waals surface area (Å²) in [6.07, 6.45) is 1.64. The van der Waals surface area contributed by atoms with E-state index in [1.165, 1.54) is 0 Å². The van der Waals surface area contributed by atoms with Crippen LogP contribution >= 0.6 is 11.6 Å². The number of carbonyl (C=O) groups excluding carboxylic acids is 1. The highest BCUT2D eigenvalue weighted by molar-refractivity contribution is 6.31. The lowest BCUT2D eigenvalue weighted by atomic mass is 9.99. The zero-order chi connectivity index (χ0) is 14.7. The maximum absolute atomic E-state index is 11.5. The highest BCUT2D eigenvalue weighted by Crippen LogP contribution is 2.18. The molecule has 1 aromatic heterocycles. The van der Waals surface area contributed by atoms with Gasteiger partial charge in [0.1, 0.15) is 0 Å². The van der Waals surface area contributed by atoms with Crippen LogP contribution in [0.2, 0.25) is 5.02 Å². The Morgan fingerprint density at radius 1 is 1.45 bits per heavy atom. The molecule has 1 atom stereocenters. The minimum atomic E-state index is -0.269. The predicted molar refractivity (Wildman–Crippen MR) is 78.3 cm³/mol. The number of rotatable bonds is 4. The van der Waals surface area contributed by atoms with Crippen molar-refractivity contribution in [2.75, 3.05) is 0 Å². The van der Waals surface area contributed by atoms with E-state index in [1.54, 1.807) is 6.20 Å². The molecule has 6 heteroatoms. The molecular formula is C14H17ClN4O. The Labute approximate surface area is 122 Å². The first kappa shape index (κ1) is 14.6. The van der Waals surface area contributed by atoms with Crippen LogP contribution in [0, 0.1) is 6.92 Å². The van der Waals surface area contributed by atoms with E-state index in [9.17, 15) is 4.79 Å². The lowest BCUT2D eigenvalue weighted by molar-refractivity contribution is -0.122. The molecule has 106 valence electrons. The number of halogens is 1. The average Bonchev–Trinajstić information content (AvgIpc) is 2.78. The van der Waals surface area contributed by atoms with Gasteiger partial charge in [-0.2, -0.15) is 5.10 Å². The predicted octanol–water partition coefficient (Wildman–Crippen LogP) is 1.99. The molecule has 0 saturated carbocycles. The van der Waals surface area contributed by atoms with Crippen LogP contribution in [0.15, 0.2) is 30.5 Å². The van der Waals surface area contributed by atoms with Gasteiger partial charge in [0.2, 0.25) is 5.91 Å². The van der Waals surface area contributed by atoms with Gasteiger partial charge in [-0.3, -0.25) is 14.9 Å². The van der Waals surface area contributed by atoms with Gasteiger partial charge in [0, 0.05) is 0 Å². The molecule has 0 aliphatic rings. The molecule has 0 saturated heterocycles. The number of nitrogens with zero attached hydrogens (tertiary/aromatic N) is 2. The first-order valence-corrected chi connectivity index (χ1v) is 6.68. The molecule has 0 bridgehead atoms. The second-order valence-electron chi connectivity index (χ2n) is 4.71. The van der Waals surface area contributed by atoms with Crippen molar-refractivity contribution in [2.24, 2.45) is 5.84 Å². The van der Waals surface area contributed by atoms with Crippen LogP contribution in [0.4, 0.5) is 0 Å². The quantitative estimate of drug-likeness (QED) is 0.514. The number of hydrogen-bond donors (Lipinski definition) is 2. The van der Waals surface area contributed by atoms with Crippen molar-refractivity contribution >= 4 is 17.5 Å². The number of nitrogens with two attached hydrogens (primary N) is 1. The van der Waals surface area contributed by atoms with Gasteiger partial charge < -0.3 is 0 Å². The van der Waals surface area contributed by atoms with Gasteiger partial charge in [-0.15, -0.1) is 0 Å². The fourth-order valence-corrected chi connectivity index (χ4v) is 2.09. The third-order valence-electron chi connectivity index (χ3n) is 3.39. The fraction of sp³-hybridized carbons (Fsp3) is 0.286. The summed E-state index contributed by atoms with van der Waals surface area (Å²) in [7, 11) is 0. The smallest absolute Gasteiger partial charge is 0.241 e. The van der Waals surface area contributed by atoms with Crippen molar-refractivity contribution < 1.29 is 4.79 Å². The zero-order valence-electron chi connectivity index (χ0n) is 11.4. The highest BCUT2D eigenvalue weighted by atomic mass is 35.5. The normalized spacial score (nSPS) is 12.2. The van der Waals surface area contributed by atoms with Crippen molar-refractivity contribution in [3.63, 3.8) is 0 Å². The Morgan fingerprint density at radius 2 is 2.10 bits per heavy atom. The minimum Gasteiger partial charge on any atom is -0.294 e. The van der Waals surface area contributed by atoms with Crippen molar-refractivity contribution in [1.29, 1.82) is 0 Å². The van der Waals surface area contributed by atoms with Gasteiger partial charge in [-0.05, 0) is 25.0 Å². The maximum Gasteiger partial charge on any atom is 0.241 e. The molecule has 0 fully saturated rings. The van der Waals surface area contributed by atoms with E-state index >= 15 is 0 Å². The van der Waals surface area contributed by atoms with Gasteiger partial charge >= 0.3 is 0 Å².